The highest BCUT2D eigenvalue weighted by Gasteiger charge is 2.52. The van der Waals surface area contributed by atoms with E-state index in [-0.39, 0.29) is 30.1 Å². The van der Waals surface area contributed by atoms with E-state index in [1.165, 1.54) is 6.07 Å². The molecule has 2 aromatic heterocycles. The van der Waals surface area contributed by atoms with E-state index in [1.54, 1.807) is 18.3 Å². The number of alkyl halides is 3. The van der Waals surface area contributed by atoms with Crippen LogP contribution in [-0.2, 0) is 32.4 Å². The summed E-state index contributed by atoms with van der Waals surface area (Å²) in [4.78, 5) is 16.7. The third kappa shape index (κ3) is 4.69. The first-order valence-corrected chi connectivity index (χ1v) is 9.97. The molecule has 3 rings (SSSR count). The van der Waals surface area contributed by atoms with Crippen molar-refractivity contribution in [1.29, 1.82) is 0 Å². The summed E-state index contributed by atoms with van der Waals surface area (Å²) in [6, 6.07) is 4.68. The molecule has 0 aromatic carbocycles. The summed E-state index contributed by atoms with van der Waals surface area (Å²) < 4.78 is 56.3. The molecule has 0 amide bonds. The molecule has 1 aliphatic heterocycles. The summed E-state index contributed by atoms with van der Waals surface area (Å²) >= 11 is 0. The molecule has 2 aromatic rings. The number of halogens is 3. The first kappa shape index (κ1) is 23.5. The number of hydrogen-bond acceptors (Lipinski definition) is 6. The van der Waals surface area contributed by atoms with Crippen LogP contribution in [0.15, 0.2) is 28.9 Å². The van der Waals surface area contributed by atoms with E-state index in [0.717, 1.165) is 13.8 Å². The second-order valence-corrected chi connectivity index (χ2v) is 9.37. The van der Waals surface area contributed by atoms with Crippen molar-refractivity contribution in [2.24, 2.45) is 0 Å². The fourth-order valence-electron chi connectivity index (χ4n) is 2.96. The van der Waals surface area contributed by atoms with Crippen LogP contribution in [0.5, 0.6) is 0 Å². The van der Waals surface area contributed by atoms with Gasteiger partial charge in [-0.3, -0.25) is 9.78 Å². The van der Waals surface area contributed by atoms with Gasteiger partial charge in [-0.1, -0.05) is 11.2 Å². The molecule has 0 atom stereocenters. The monoisotopic (exact) mass is 438 g/mol. The SMILES string of the molecule is CC1(C)OB(c2ccc(CC(=O)Cc3cc(C(C)(C)C(F)(F)F)no3)cn2)OC1(C)C. The molecule has 3 heterocycles. The Morgan fingerprint density at radius 1 is 1.06 bits per heavy atom. The Morgan fingerprint density at radius 2 is 1.68 bits per heavy atom. The lowest BCUT2D eigenvalue weighted by Gasteiger charge is -2.32. The van der Waals surface area contributed by atoms with Gasteiger partial charge in [0.25, 0.3) is 0 Å². The summed E-state index contributed by atoms with van der Waals surface area (Å²) in [5.41, 5.74) is -2.11. The number of hydrogen-bond donors (Lipinski definition) is 0. The number of nitrogens with zero attached hydrogens (tertiary/aromatic N) is 2. The van der Waals surface area contributed by atoms with Gasteiger partial charge in [-0.2, -0.15) is 13.2 Å². The lowest BCUT2D eigenvalue weighted by Crippen LogP contribution is -2.41. The molecule has 0 bridgehead atoms. The number of pyridine rings is 1. The topological polar surface area (TPSA) is 74.5 Å². The molecule has 0 aliphatic carbocycles. The Balaban J connectivity index is 1.61. The van der Waals surface area contributed by atoms with Crippen LogP contribution in [0.1, 0.15) is 58.6 Å². The third-order valence-electron chi connectivity index (χ3n) is 6.02. The van der Waals surface area contributed by atoms with E-state index in [9.17, 15) is 18.0 Å². The molecule has 6 nitrogen and oxygen atoms in total. The van der Waals surface area contributed by atoms with Gasteiger partial charge < -0.3 is 13.8 Å². The molecule has 10 heteroatoms. The lowest BCUT2D eigenvalue weighted by molar-refractivity contribution is -0.181. The standard InChI is InChI=1S/C21H26BF3N2O4/c1-18(2,21(23,24)25)16-11-15(29-27-16)10-14(28)9-13-7-8-17(26-12-13)22-30-19(3,4)20(5,6)31-22/h7-8,11-12H,9-10H2,1-6H3. The lowest BCUT2D eigenvalue weighted by atomic mass is 9.84. The van der Waals surface area contributed by atoms with Gasteiger partial charge >= 0.3 is 13.3 Å². The molecule has 0 saturated carbocycles. The van der Waals surface area contributed by atoms with Crippen molar-refractivity contribution in [1.82, 2.24) is 10.1 Å². The molecule has 1 saturated heterocycles. The minimum Gasteiger partial charge on any atom is -0.398 e. The summed E-state index contributed by atoms with van der Waals surface area (Å²) in [6.45, 7) is 9.83. The number of rotatable bonds is 6. The highest BCUT2D eigenvalue weighted by Crippen LogP contribution is 2.40. The number of aromatic nitrogens is 2. The number of carbonyl (C=O) groups is 1. The molecule has 0 unspecified atom stereocenters. The largest absolute Gasteiger partial charge is 0.514 e. The molecule has 0 radical (unpaired) electrons. The molecule has 0 N–H and O–H groups in total. The number of ketones is 1. The number of Topliss-reactive ketones (excluding diaryl/α,β-unsaturated/α-hetero) is 1. The Hall–Kier alpha value is -2.20. The Morgan fingerprint density at radius 3 is 2.19 bits per heavy atom. The maximum atomic E-state index is 13.1. The van der Waals surface area contributed by atoms with Crippen LogP contribution in [0.3, 0.4) is 0 Å². The van der Waals surface area contributed by atoms with Crippen LogP contribution in [-0.4, -0.2) is 40.4 Å². The predicted octanol–water partition coefficient (Wildman–Crippen LogP) is 3.56. The van der Waals surface area contributed by atoms with E-state index in [1.807, 2.05) is 27.7 Å². The average molecular weight is 438 g/mol. The Kier molecular flexibility index (Phi) is 5.86. The van der Waals surface area contributed by atoms with Crippen molar-refractivity contribution < 1.29 is 31.8 Å². The zero-order valence-corrected chi connectivity index (χ0v) is 18.5. The maximum absolute atomic E-state index is 13.1. The van der Waals surface area contributed by atoms with Gasteiger partial charge in [-0.15, -0.1) is 0 Å². The van der Waals surface area contributed by atoms with Gasteiger partial charge in [0.15, 0.2) is 0 Å². The molecular weight excluding hydrogens is 412 g/mol. The van der Waals surface area contributed by atoms with Crippen LogP contribution in [0.25, 0.3) is 0 Å². The van der Waals surface area contributed by atoms with Gasteiger partial charge in [0.1, 0.15) is 17.0 Å². The van der Waals surface area contributed by atoms with Crippen LogP contribution >= 0.6 is 0 Å². The van der Waals surface area contributed by atoms with E-state index in [4.69, 9.17) is 13.8 Å². The number of carbonyl (C=O) groups excluding carboxylic acids is 1. The molecular formula is C21H26BF3N2O4. The fraction of sp³-hybridized carbons (Fsp3) is 0.571. The van der Waals surface area contributed by atoms with Gasteiger partial charge in [-0.05, 0) is 53.2 Å². The second kappa shape index (κ2) is 7.74. The molecule has 1 fully saturated rings. The van der Waals surface area contributed by atoms with Crippen molar-refractivity contribution >= 4 is 18.5 Å². The van der Waals surface area contributed by atoms with E-state index >= 15 is 0 Å². The average Bonchev–Trinajstić information content (AvgIpc) is 3.17. The normalized spacial score (nSPS) is 18.4. The van der Waals surface area contributed by atoms with Crippen LogP contribution in [0.2, 0.25) is 0 Å². The Bertz CT molecular complexity index is 936. The smallest absolute Gasteiger partial charge is 0.398 e. The summed E-state index contributed by atoms with van der Waals surface area (Å²) in [6.07, 6.45) is -3.00. The van der Waals surface area contributed by atoms with Crippen LogP contribution < -0.4 is 5.59 Å². The first-order chi connectivity index (χ1) is 14.1. The maximum Gasteiger partial charge on any atom is 0.514 e. The third-order valence-corrected chi connectivity index (χ3v) is 6.02. The molecule has 31 heavy (non-hydrogen) atoms. The van der Waals surface area contributed by atoms with Crippen molar-refractivity contribution in [3.05, 3.63) is 41.4 Å². The molecule has 1 aliphatic rings. The van der Waals surface area contributed by atoms with Crippen molar-refractivity contribution in [2.45, 2.75) is 77.2 Å². The summed E-state index contributed by atoms with van der Waals surface area (Å²) in [7, 11) is -0.598. The van der Waals surface area contributed by atoms with Crippen LogP contribution in [0.4, 0.5) is 13.2 Å². The molecule has 0 spiro atoms. The van der Waals surface area contributed by atoms with E-state index < -0.39 is 29.9 Å². The van der Waals surface area contributed by atoms with Crippen molar-refractivity contribution in [2.75, 3.05) is 0 Å². The van der Waals surface area contributed by atoms with Gasteiger partial charge in [-0.25, -0.2) is 0 Å². The quantitative estimate of drug-likeness (QED) is 0.643. The van der Waals surface area contributed by atoms with Gasteiger partial charge in [0.2, 0.25) is 0 Å². The van der Waals surface area contributed by atoms with Crippen molar-refractivity contribution in [3.8, 4) is 0 Å². The minimum absolute atomic E-state index is 0.0648. The van der Waals surface area contributed by atoms with Gasteiger partial charge in [0.05, 0.1) is 28.9 Å². The first-order valence-electron chi connectivity index (χ1n) is 9.97. The molecule has 168 valence electrons. The van der Waals surface area contributed by atoms with Gasteiger partial charge in [0, 0.05) is 18.7 Å². The van der Waals surface area contributed by atoms with Crippen LogP contribution in [0, 0.1) is 0 Å². The fourth-order valence-corrected chi connectivity index (χ4v) is 2.96. The second-order valence-electron chi connectivity index (χ2n) is 9.37. The summed E-state index contributed by atoms with van der Waals surface area (Å²) in [5.74, 6) is -0.128. The van der Waals surface area contributed by atoms with E-state index in [2.05, 4.69) is 10.1 Å². The highest BCUT2D eigenvalue weighted by atomic mass is 19.4. The van der Waals surface area contributed by atoms with E-state index in [0.29, 0.717) is 11.2 Å². The van der Waals surface area contributed by atoms with Crippen molar-refractivity contribution in [3.63, 3.8) is 0 Å². The highest BCUT2D eigenvalue weighted by molar-refractivity contribution is 6.61. The Labute approximate surface area is 179 Å². The minimum atomic E-state index is -4.48. The zero-order valence-electron chi connectivity index (χ0n) is 18.5. The predicted molar refractivity (Wildman–Crippen MR) is 108 cm³/mol. The summed E-state index contributed by atoms with van der Waals surface area (Å²) in [5, 5.41) is 3.51. The zero-order chi connectivity index (χ0) is 23.2.